The molecule has 0 saturated carbocycles. The van der Waals surface area contributed by atoms with Crippen LogP contribution in [0.5, 0.6) is 0 Å². The van der Waals surface area contributed by atoms with Gasteiger partial charge in [0.2, 0.25) is 0 Å². The van der Waals surface area contributed by atoms with Gasteiger partial charge in [0.05, 0.1) is 6.04 Å². The van der Waals surface area contributed by atoms with Crippen molar-refractivity contribution in [2.24, 2.45) is 0 Å². The average molecular weight is 345 g/mol. The van der Waals surface area contributed by atoms with E-state index in [0.29, 0.717) is 6.04 Å². The topological polar surface area (TPSA) is 24.1 Å². The number of benzene rings is 2. The smallest absolute Gasteiger partial charge is 0.0529 e. The van der Waals surface area contributed by atoms with E-state index in [1.807, 2.05) is 0 Å². The predicted molar refractivity (Wildman–Crippen MR) is 92.7 cm³/mol. The van der Waals surface area contributed by atoms with E-state index >= 15 is 0 Å². The maximum atomic E-state index is 3.78. The summed E-state index contributed by atoms with van der Waals surface area (Å²) >= 11 is 3.57. The molecule has 3 rings (SSSR count). The van der Waals surface area contributed by atoms with Crippen LogP contribution >= 0.6 is 15.9 Å². The number of fused-ring (bicyclic) bond motifs is 1. The van der Waals surface area contributed by atoms with E-state index in [-0.39, 0.29) is 0 Å². The largest absolute Gasteiger partial charge is 0.378 e. The molecule has 110 valence electrons. The monoisotopic (exact) mass is 344 g/mol. The van der Waals surface area contributed by atoms with Crippen molar-refractivity contribution in [2.75, 3.05) is 11.9 Å². The van der Waals surface area contributed by atoms with Crippen LogP contribution < -0.4 is 10.6 Å². The highest BCUT2D eigenvalue weighted by Gasteiger charge is 2.19. The zero-order chi connectivity index (χ0) is 14.8. The Bertz CT molecular complexity index is 628. The third-order valence-electron chi connectivity index (χ3n) is 4.17. The van der Waals surface area contributed by atoms with Gasteiger partial charge >= 0.3 is 0 Å². The molecular weight excluding hydrogens is 324 g/mol. The standard InChI is InChI=1S/C18H21BrN2/c1-12-9-15(19)10-13(2)18(12)21-17-7-8-20-11-14-5-3-4-6-16(14)17/h3-6,9-10,17,20-21H,7-8,11H2,1-2H3. The molecule has 1 unspecified atom stereocenters. The second-order valence-electron chi connectivity index (χ2n) is 5.78. The quantitative estimate of drug-likeness (QED) is 0.824. The molecule has 2 aromatic rings. The predicted octanol–water partition coefficient (Wildman–Crippen LogP) is 4.71. The SMILES string of the molecule is Cc1cc(Br)cc(C)c1NC1CCNCc2ccccc21. The third-order valence-corrected chi connectivity index (χ3v) is 4.63. The van der Waals surface area contributed by atoms with Crippen molar-refractivity contribution in [1.29, 1.82) is 0 Å². The summed E-state index contributed by atoms with van der Waals surface area (Å²) in [7, 11) is 0. The number of aryl methyl sites for hydroxylation is 2. The fourth-order valence-electron chi connectivity index (χ4n) is 3.12. The first-order chi connectivity index (χ1) is 10.1. The lowest BCUT2D eigenvalue weighted by Gasteiger charge is -2.23. The summed E-state index contributed by atoms with van der Waals surface area (Å²) < 4.78 is 1.14. The molecule has 0 spiro atoms. The van der Waals surface area contributed by atoms with Crippen molar-refractivity contribution in [2.45, 2.75) is 32.9 Å². The maximum absolute atomic E-state index is 3.78. The van der Waals surface area contributed by atoms with E-state index in [9.17, 15) is 0 Å². The van der Waals surface area contributed by atoms with Gasteiger partial charge < -0.3 is 10.6 Å². The Hall–Kier alpha value is -1.32. The second kappa shape index (κ2) is 6.20. The van der Waals surface area contributed by atoms with E-state index in [1.165, 1.54) is 27.9 Å². The molecule has 0 radical (unpaired) electrons. The van der Waals surface area contributed by atoms with Crippen LogP contribution in [0, 0.1) is 13.8 Å². The van der Waals surface area contributed by atoms with E-state index in [2.05, 4.69) is 76.8 Å². The van der Waals surface area contributed by atoms with Gasteiger partial charge in [-0.2, -0.15) is 0 Å². The molecule has 1 aliphatic rings. The molecule has 3 heteroatoms. The molecular formula is C18H21BrN2. The van der Waals surface area contributed by atoms with Crippen molar-refractivity contribution in [3.63, 3.8) is 0 Å². The van der Waals surface area contributed by atoms with Gasteiger partial charge in [-0.05, 0) is 61.2 Å². The minimum Gasteiger partial charge on any atom is -0.378 e. The van der Waals surface area contributed by atoms with Gasteiger partial charge in [0.25, 0.3) is 0 Å². The van der Waals surface area contributed by atoms with Gasteiger partial charge in [-0.1, -0.05) is 40.2 Å². The molecule has 0 amide bonds. The molecule has 0 saturated heterocycles. The first-order valence-corrected chi connectivity index (χ1v) is 8.26. The summed E-state index contributed by atoms with van der Waals surface area (Å²) in [4.78, 5) is 0. The Balaban J connectivity index is 1.95. The minimum absolute atomic E-state index is 0.370. The minimum atomic E-state index is 0.370. The molecule has 2 aromatic carbocycles. The molecule has 0 aliphatic carbocycles. The lowest BCUT2D eigenvalue weighted by molar-refractivity contribution is 0.636. The van der Waals surface area contributed by atoms with Gasteiger partial charge in [-0.3, -0.25) is 0 Å². The Kier molecular flexibility index (Phi) is 4.32. The zero-order valence-corrected chi connectivity index (χ0v) is 14.1. The van der Waals surface area contributed by atoms with Gasteiger partial charge in [-0.25, -0.2) is 0 Å². The molecule has 0 aromatic heterocycles. The Morgan fingerprint density at radius 3 is 2.62 bits per heavy atom. The van der Waals surface area contributed by atoms with Crippen LogP contribution in [0.2, 0.25) is 0 Å². The van der Waals surface area contributed by atoms with Crippen LogP contribution in [-0.4, -0.2) is 6.54 Å². The van der Waals surface area contributed by atoms with Crippen molar-refractivity contribution in [3.8, 4) is 0 Å². The Morgan fingerprint density at radius 2 is 1.86 bits per heavy atom. The van der Waals surface area contributed by atoms with Gasteiger partial charge in [0.15, 0.2) is 0 Å². The molecule has 1 atom stereocenters. The van der Waals surface area contributed by atoms with Crippen molar-refractivity contribution in [3.05, 3.63) is 63.1 Å². The lowest BCUT2D eigenvalue weighted by atomic mass is 9.98. The van der Waals surface area contributed by atoms with Crippen LogP contribution in [0.1, 0.15) is 34.7 Å². The normalized spacial score (nSPS) is 18.0. The number of halogens is 1. The Morgan fingerprint density at radius 1 is 1.14 bits per heavy atom. The number of rotatable bonds is 2. The molecule has 21 heavy (non-hydrogen) atoms. The van der Waals surface area contributed by atoms with E-state index in [0.717, 1.165) is 24.0 Å². The van der Waals surface area contributed by atoms with Gasteiger partial charge in [0, 0.05) is 16.7 Å². The summed E-state index contributed by atoms with van der Waals surface area (Å²) in [5, 5.41) is 7.29. The summed E-state index contributed by atoms with van der Waals surface area (Å²) in [6, 6.07) is 13.5. The molecule has 2 N–H and O–H groups in total. The van der Waals surface area contributed by atoms with Crippen LogP contribution in [0.25, 0.3) is 0 Å². The van der Waals surface area contributed by atoms with Gasteiger partial charge in [0.1, 0.15) is 0 Å². The van der Waals surface area contributed by atoms with Gasteiger partial charge in [-0.15, -0.1) is 0 Å². The molecule has 1 aliphatic heterocycles. The summed E-state index contributed by atoms with van der Waals surface area (Å²) in [6.07, 6.45) is 1.10. The number of anilines is 1. The number of nitrogens with one attached hydrogen (secondary N) is 2. The zero-order valence-electron chi connectivity index (χ0n) is 12.5. The Labute approximate surface area is 135 Å². The molecule has 2 nitrogen and oxygen atoms in total. The van der Waals surface area contributed by atoms with E-state index < -0.39 is 0 Å². The fraction of sp³-hybridized carbons (Fsp3) is 0.333. The lowest BCUT2D eigenvalue weighted by Crippen LogP contribution is -2.16. The van der Waals surface area contributed by atoms with E-state index in [1.54, 1.807) is 0 Å². The average Bonchev–Trinajstić information content (AvgIpc) is 2.65. The highest BCUT2D eigenvalue weighted by Crippen LogP contribution is 2.32. The summed E-state index contributed by atoms with van der Waals surface area (Å²) in [6.45, 7) is 6.34. The first kappa shape index (κ1) is 14.6. The van der Waals surface area contributed by atoms with Crippen LogP contribution in [0.4, 0.5) is 5.69 Å². The van der Waals surface area contributed by atoms with Crippen LogP contribution in [-0.2, 0) is 6.54 Å². The number of hydrogen-bond acceptors (Lipinski definition) is 2. The van der Waals surface area contributed by atoms with Crippen molar-refractivity contribution >= 4 is 21.6 Å². The number of hydrogen-bond donors (Lipinski definition) is 2. The highest BCUT2D eigenvalue weighted by atomic mass is 79.9. The van der Waals surface area contributed by atoms with Crippen molar-refractivity contribution in [1.82, 2.24) is 5.32 Å². The first-order valence-electron chi connectivity index (χ1n) is 7.47. The summed E-state index contributed by atoms with van der Waals surface area (Å²) in [5.41, 5.74) is 6.66. The van der Waals surface area contributed by atoms with E-state index in [4.69, 9.17) is 0 Å². The summed E-state index contributed by atoms with van der Waals surface area (Å²) in [5.74, 6) is 0. The highest BCUT2D eigenvalue weighted by molar-refractivity contribution is 9.10. The molecule has 0 bridgehead atoms. The van der Waals surface area contributed by atoms with Crippen LogP contribution in [0.15, 0.2) is 40.9 Å². The van der Waals surface area contributed by atoms with Crippen molar-refractivity contribution < 1.29 is 0 Å². The second-order valence-corrected chi connectivity index (χ2v) is 6.69. The maximum Gasteiger partial charge on any atom is 0.0529 e. The molecule has 0 fully saturated rings. The molecule has 1 heterocycles. The fourth-order valence-corrected chi connectivity index (χ4v) is 3.81. The van der Waals surface area contributed by atoms with Crippen LogP contribution in [0.3, 0.4) is 0 Å². The third kappa shape index (κ3) is 3.14.